The lowest BCUT2D eigenvalue weighted by atomic mass is 10.0. The molecule has 1 saturated heterocycles. The summed E-state index contributed by atoms with van der Waals surface area (Å²) in [5, 5.41) is 0. The van der Waals surface area contributed by atoms with Crippen molar-refractivity contribution in [2.75, 3.05) is 39.3 Å². The molecule has 1 aromatic carbocycles. The molecule has 0 unspecified atom stereocenters. The first-order valence-electron chi connectivity index (χ1n) is 8.54. The number of rotatable bonds is 5. The summed E-state index contributed by atoms with van der Waals surface area (Å²) < 4.78 is 43.0. The van der Waals surface area contributed by atoms with Crippen molar-refractivity contribution in [2.24, 2.45) is 0 Å². The SMILES string of the molecule is CC(C)c1cccc(OCC(=O)N2CCCN(CC(F)(F)F)CC2)c1. The third-order valence-corrected chi connectivity index (χ3v) is 4.23. The van der Waals surface area contributed by atoms with Gasteiger partial charge in [0.25, 0.3) is 5.91 Å². The van der Waals surface area contributed by atoms with Crippen LogP contribution in [-0.2, 0) is 4.79 Å². The van der Waals surface area contributed by atoms with E-state index in [9.17, 15) is 18.0 Å². The number of carbonyl (C=O) groups is 1. The number of hydrogen-bond acceptors (Lipinski definition) is 3. The molecule has 0 N–H and O–H groups in total. The van der Waals surface area contributed by atoms with Gasteiger partial charge in [-0.3, -0.25) is 9.69 Å². The summed E-state index contributed by atoms with van der Waals surface area (Å²) in [6.07, 6.45) is -3.67. The van der Waals surface area contributed by atoms with Crippen LogP contribution in [-0.4, -0.2) is 61.2 Å². The second-order valence-electron chi connectivity index (χ2n) is 6.64. The summed E-state index contributed by atoms with van der Waals surface area (Å²) in [6, 6.07) is 7.59. The molecular formula is C18H25F3N2O2. The Morgan fingerprint density at radius 1 is 1.20 bits per heavy atom. The van der Waals surface area contributed by atoms with Crippen molar-refractivity contribution in [1.29, 1.82) is 0 Å². The van der Waals surface area contributed by atoms with Crippen LogP contribution in [0.2, 0.25) is 0 Å². The molecule has 1 aliphatic heterocycles. The molecule has 0 atom stereocenters. The van der Waals surface area contributed by atoms with Crippen LogP contribution in [0.1, 0.15) is 31.7 Å². The van der Waals surface area contributed by atoms with Crippen LogP contribution < -0.4 is 4.74 Å². The van der Waals surface area contributed by atoms with Crippen LogP contribution in [0.25, 0.3) is 0 Å². The normalized spacial score (nSPS) is 16.8. The fourth-order valence-electron chi connectivity index (χ4n) is 2.83. The van der Waals surface area contributed by atoms with Gasteiger partial charge in [0.05, 0.1) is 6.54 Å². The largest absolute Gasteiger partial charge is 0.484 e. The van der Waals surface area contributed by atoms with Gasteiger partial charge in [-0.25, -0.2) is 0 Å². The van der Waals surface area contributed by atoms with Gasteiger partial charge in [-0.05, 0) is 30.0 Å². The Hall–Kier alpha value is -1.76. The van der Waals surface area contributed by atoms with E-state index in [0.717, 1.165) is 5.56 Å². The van der Waals surface area contributed by atoms with Crippen molar-refractivity contribution in [3.8, 4) is 5.75 Å². The molecule has 0 aliphatic carbocycles. The van der Waals surface area contributed by atoms with E-state index >= 15 is 0 Å². The van der Waals surface area contributed by atoms with Crippen LogP contribution in [0.4, 0.5) is 13.2 Å². The zero-order chi connectivity index (χ0) is 18.4. The van der Waals surface area contributed by atoms with Crippen molar-refractivity contribution in [3.05, 3.63) is 29.8 Å². The van der Waals surface area contributed by atoms with Gasteiger partial charge >= 0.3 is 6.18 Å². The van der Waals surface area contributed by atoms with Gasteiger partial charge in [-0.15, -0.1) is 0 Å². The van der Waals surface area contributed by atoms with Gasteiger partial charge in [0.1, 0.15) is 5.75 Å². The average Bonchev–Trinajstić information content (AvgIpc) is 2.77. The van der Waals surface area contributed by atoms with Gasteiger partial charge in [-0.1, -0.05) is 26.0 Å². The highest BCUT2D eigenvalue weighted by molar-refractivity contribution is 5.77. The molecule has 1 heterocycles. The molecule has 25 heavy (non-hydrogen) atoms. The Balaban J connectivity index is 1.84. The molecule has 0 radical (unpaired) electrons. The first kappa shape index (κ1) is 19.6. The lowest BCUT2D eigenvalue weighted by Gasteiger charge is -2.22. The zero-order valence-corrected chi connectivity index (χ0v) is 14.7. The van der Waals surface area contributed by atoms with E-state index in [1.165, 1.54) is 4.90 Å². The Morgan fingerprint density at radius 3 is 2.64 bits per heavy atom. The number of carbonyl (C=O) groups excluding carboxylic acids is 1. The number of alkyl halides is 3. The molecule has 4 nitrogen and oxygen atoms in total. The van der Waals surface area contributed by atoms with E-state index < -0.39 is 12.7 Å². The van der Waals surface area contributed by atoms with Gasteiger partial charge in [0.15, 0.2) is 6.61 Å². The van der Waals surface area contributed by atoms with E-state index in [2.05, 4.69) is 13.8 Å². The summed E-state index contributed by atoms with van der Waals surface area (Å²) in [5.41, 5.74) is 1.13. The number of benzene rings is 1. The Bertz CT molecular complexity index is 576. The molecule has 140 valence electrons. The maximum absolute atomic E-state index is 12.5. The molecule has 1 fully saturated rings. The number of hydrogen-bond donors (Lipinski definition) is 0. The lowest BCUT2D eigenvalue weighted by Crippen LogP contribution is -2.40. The second kappa shape index (κ2) is 8.56. The first-order valence-corrected chi connectivity index (χ1v) is 8.54. The third kappa shape index (κ3) is 6.57. The fourth-order valence-corrected chi connectivity index (χ4v) is 2.83. The first-order chi connectivity index (χ1) is 11.7. The summed E-state index contributed by atoms with van der Waals surface area (Å²) in [7, 11) is 0. The molecular weight excluding hydrogens is 333 g/mol. The molecule has 1 amide bonds. The van der Waals surface area contributed by atoms with Crippen LogP contribution in [0.5, 0.6) is 5.75 Å². The third-order valence-electron chi connectivity index (χ3n) is 4.23. The summed E-state index contributed by atoms with van der Waals surface area (Å²) >= 11 is 0. The highest BCUT2D eigenvalue weighted by atomic mass is 19.4. The van der Waals surface area contributed by atoms with Gasteiger partial charge < -0.3 is 9.64 Å². The predicted octanol–water partition coefficient (Wildman–Crippen LogP) is 3.29. The molecule has 2 rings (SSSR count). The van der Waals surface area contributed by atoms with Crippen molar-refractivity contribution in [3.63, 3.8) is 0 Å². The quantitative estimate of drug-likeness (QED) is 0.810. The van der Waals surface area contributed by atoms with Crippen molar-refractivity contribution in [1.82, 2.24) is 9.80 Å². The van der Waals surface area contributed by atoms with E-state index in [4.69, 9.17) is 4.74 Å². The maximum atomic E-state index is 12.5. The highest BCUT2D eigenvalue weighted by Gasteiger charge is 2.31. The van der Waals surface area contributed by atoms with E-state index in [1.54, 1.807) is 11.0 Å². The smallest absolute Gasteiger partial charge is 0.401 e. The molecule has 7 heteroatoms. The lowest BCUT2D eigenvalue weighted by molar-refractivity contribution is -0.145. The summed E-state index contributed by atoms with van der Waals surface area (Å²) in [4.78, 5) is 15.2. The molecule has 0 spiro atoms. The second-order valence-corrected chi connectivity index (χ2v) is 6.64. The van der Waals surface area contributed by atoms with E-state index in [0.29, 0.717) is 37.7 Å². The minimum absolute atomic E-state index is 0.0964. The molecule has 1 aliphatic rings. The van der Waals surface area contributed by atoms with Gasteiger partial charge in [0, 0.05) is 26.2 Å². The van der Waals surface area contributed by atoms with Crippen molar-refractivity contribution >= 4 is 5.91 Å². The van der Waals surface area contributed by atoms with Gasteiger partial charge in [0.2, 0.25) is 0 Å². The molecule has 0 saturated carbocycles. The van der Waals surface area contributed by atoms with Crippen LogP contribution in [0.3, 0.4) is 0 Å². The van der Waals surface area contributed by atoms with Gasteiger partial charge in [-0.2, -0.15) is 13.2 Å². The van der Waals surface area contributed by atoms with Crippen molar-refractivity contribution < 1.29 is 22.7 Å². The Morgan fingerprint density at radius 2 is 1.96 bits per heavy atom. The Kier molecular flexibility index (Phi) is 6.70. The number of ether oxygens (including phenoxy) is 1. The monoisotopic (exact) mass is 358 g/mol. The zero-order valence-electron chi connectivity index (χ0n) is 14.7. The summed E-state index contributed by atoms with van der Waals surface area (Å²) in [5.74, 6) is 0.807. The van der Waals surface area contributed by atoms with Crippen molar-refractivity contribution in [2.45, 2.75) is 32.4 Å². The fraction of sp³-hybridized carbons (Fsp3) is 0.611. The minimum atomic E-state index is -4.20. The van der Waals surface area contributed by atoms with Crippen LogP contribution >= 0.6 is 0 Å². The Labute approximate surface area is 146 Å². The molecule has 0 aromatic heterocycles. The average molecular weight is 358 g/mol. The number of amides is 1. The summed E-state index contributed by atoms with van der Waals surface area (Å²) in [6.45, 7) is 4.47. The topological polar surface area (TPSA) is 32.8 Å². The number of halogens is 3. The number of nitrogens with zero attached hydrogens (tertiary/aromatic N) is 2. The van der Waals surface area contributed by atoms with Crippen LogP contribution in [0, 0.1) is 0 Å². The standard InChI is InChI=1S/C18H25F3N2O2/c1-14(2)15-5-3-6-16(11-15)25-12-17(24)23-8-4-7-22(9-10-23)13-18(19,20)21/h3,5-6,11,14H,4,7-10,12-13H2,1-2H3. The predicted molar refractivity (Wildman–Crippen MR) is 89.7 cm³/mol. The molecule has 1 aromatic rings. The molecule has 0 bridgehead atoms. The van der Waals surface area contributed by atoms with E-state index in [1.807, 2.05) is 18.2 Å². The van der Waals surface area contributed by atoms with E-state index in [-0.39, 0.29) is 19.1 Å². The highest BCUT2D eigenvalue weighted by Crippen LogP contribution is 2.20. The maximum Gasteiger partial charge on any atom is 0.401 e. The van der Waals surface area contributed by atoms with Crippen LogP contribution in [0.15, 0.2) is 24.3 Å². The minimum Gasteiger partial charge on any atom is -0.484 e.